The first-order chi connectivity index (χ1) is 9.97. The molecule has 1 heterocycles. The Balaban J connectivity index is 2.47. The SMILES string of the molecule is CCOC(=O)C1CCCN1c1c([N+](=O)[O-])ccc(F)c1F. The molecule has 0 aliphatic carbocycles. The van der Waals surface area contributed by atoms with Gasteiger partial charge in [-0.3, -0.25) is 10.1 Å². The number of rotatable bonds is 4. The maximum Gasteiger partial charge on any atom is 0.328 e. The molecule has 1 atom stereocenters. The Hall–Kier alpha value is -2.25. The van der Waals surface area contributed by atoms with Crippen LogP contribution in [0.1, 0.15) is 19.8 Å². The molecule has 114 valence electrons. The normalized spacial score (nSPS) is 17.9. The van der Waals surface area contributed by atoms with Crippen molar-refractivity contribution in [2.24, 2.45) is 0 Å². The summed E-state index contributed by atoms with van der Waals surface area (Å²) < 4.78 is 32.3. The largest absolute Gasteiger partial charge is 0.464 e. The predicted octanol–water partition coefficient (Wildman–Crippen LogP) is 2.40. The van der Waals surface area contributed by atoms with Crippen molar-refractivity contribution in [3.63, 3.8) is 0 Å². The maximum atomic E-state index is 14.0. The molecule has 6 nitrogen and oxygen atoms in total. The fourth-order valence-electron chi connectivity index (χ4n) is 2.47. The van der Waals surface area contributed by atoms with E-state index in [1.54, 1.807) is 6.92 Å². The molecule has 1 aromatic carbocycles. The van der Waals surface area contributed by atoms with Gasteiger partial charge in [0.25, 0.3) is 5.69 Å². The van der Waals surface area contributed by atoms with Crippen LogP contribution >= 0.6 is 0 Å². The lowest BCUT2D eigenvalue weighted by molar-refractivity contribution is -0.384. The second-order valence-corrected chi connectivity index (χ2v) is 4.59. The molecule has 1 fully saturated rings. The van der Waals surface area contributed by atoms with Gasteiger partial charge in [0.2, 0.25) is 0 Å². The molecular formula is C13H14F2N2O4. The lowest BCUT2D eigenvalue weighted by atomic mass is 10.2. The number of carbonyl (C=O) groups excluding carboxylic acids is 1. The quantitative estimate of drug-likeness (QED) is 0.485. The fourth-order valence-corrected chi connectivity index (χ4v) is 2.47. The summed E-state index contributed by atoms with van der Waals surface area (Å²) in [5, 5.41) is 11.0. The van der Waals surface area contributed by atoms with E-state index >= 15 is 0 Å². The van der Waals surface area contributed by atoms with Crippen LogP contribution in [0.4, 0.5) is 20.2 Å². The number of ether oxygens (including phenoxy) is 1. The second kappa shape index (κ2) is 6.02. The smallest absolute Gasteiger partial charge is 0.328 e. The zero-order valence-electron chi connectivity index (χ0n) is 11.3. The molecule has 1 unspecified atom stereocenters. The average Bonchev–Trinajstić information content (AvgIpc) is 2.90. The second-order valence-electron chi connectivity index (χ2n) is 4.59. The van der Waals surface area contributed by atoms with Crippen molar-refractivity contribution in [2.75, 3.05) is 18.1 Å². The molecule has 0 radical (unpaired) electrons. The molecule has 0 spiro atoms. The van der Waals surface area contributed by atoms with Crippen LogP contribution in [-0.2, 0) is 9.53 Å². The van der Waals surface area contributed by atoms with Crippen molar-refractivity contribution < 1.29 is 23.2 Å². The number of nitrogens with zero attached hydrogens (tertiary/aromatic N) is 2. The highest BCUT2D eigenvalue weighted by Gasteiger charge is 2.38. The summed E-state index contributed by atoms with van der Waals surface area (Å²) in [5.41, 5.74) is -1.05. The van der Waals surface area contributed by atoms with Gasteiger partial charge in [0.1, 0.15) is 6.04 Å². The minimum absolute atomic E-state index is 0.150. The van der Waals surface area contributed by atoms with Crippen LogP contribution in [0.5, 0.6) is 0 Å². The number of nitro groups is 1. The summed E-state index contributed by atoms with van der Waals surface area (Å²) in [6, 6.07) is 0.765. The van der Waals surface area contributed by atoms with Crippen LogP contribution in [0, 0.1) is 21.7 Å². The van der Waals surface area contributed by atoms with E-state index in [0.29, 0.717) is 18.9 Å². The van der Waals surface area contributed by atoms with Gasteiger partial charge in [0, 0.05) is 12.6 Å². The lowest BCUT2D eigenvalue weighted by Crippen LogP contribution is -2.38. The van der Waals surface area contributed by atoms with E-state index in [2.05, 4.69) is 0 Å². The van der Waals surface area contributed by atoms with Crippen LogP contribution in [0.3, 0.4) is 0 Å². The van der Waals surface area contributed by atoms with Crippen molar-refractivity contribution in [3.8, 4) is 0 Å². The lowest BCUT2D eigenvalue weighted by Gasteiger charge is -2.25. The third-order valence-electron chi connectivity index (χ3n) is 3.34. The third-order valence-corrected chi connectivity index (χ3v) is 3.34. The number of halogens is 2. The van der Waals surface area contributed by atoms with Crippen molar-refractivity contribution in [1.82, 2.24) is 0 Å². The Labute approximate surface area is 119 Å². The number of nitro benzene ring substituents is 1. The Morgan fingerprint density at radius 3 is 2.86 bits per heavy atom. The van der Waals surface area contributed by atoms with Gasteiger partial charge in [-0.15, -0.1) is 0 Å². The molecule has 0 saturated carbocycles. The van der Waals surface area contributed by atoms with Crippen LogP contribution < -0.4 is 4.90 Å². The minimum Gasteiger partial charge on any atom is -0.464 e. The van der Waals surface area contributed by atoms with E-state index in [1.807, 2.05) is 0 Å². The molecule has 1 aromatic rings. The van der Waals surface area contributed by atoms with Crippen LogP contribution in [0.2, 0.25) is 0 Å². The number of hydrogen-bond donors (Lipinski definition) is 0. The van der Waals surface area contributed by atoms with Gasteiger partial charge in [-0.25, -0.2) is 13.6 Å². The third kappa shape index (κ3) is 2.79. The van der Waals surface area contributed by atoms with Crippen molar-refractivity contribution in [1.29, 1.82) is 0 Å². The number of esters is 1. The molecule has 0 aromatic heterocycles. The van der Waals surface area contributed by atoms with Crippen molar-refractivity contribution in [2.45, 2.75) is 25.8 Å². The summed E-state index contributed by atoms with van der Waals surface area (Å²) in [5.74, 6) is -3.10. The first kappa shape index (κ1) is 15.1. The Morgan fingerprint density at radius 2 is 2.24 bits per heavy atom. The first-order valence-corrected chi connectivity index (χ1v) is 6.53. The van der Waals surface area contributed by atoms with E-state index in [9.17, 15) is 23.7 Å². The van der Waals surface area contributed by atoms with E-state index in [0.717, 1.165) is 6.07 Å². The van der Waals surface area contributed by atoms with E-state index in [1.165, 1.54) is 4.90 Å². The number of anilines is 1. The highest BCUT2D eigenvalue weighted by Crippen LogP contribution is 2.37. The fraction of sp³-hybridized carbons (Fsp3) is 0.462. The van der Waals surface area contributed by atoms with Crippen LogP contribution in [0.25, 0.3) is 0 Å². The summed E-state index contributed by atoms with van der Waals surface area (Å²) in [7, 11) is 0. The van der Waals surface area contributed by atoms with E-state index < -0.39 is 39.9 Å². The molecule has 8 heteroatoms. The zero-order valence-corrected chi connectivity index (χ0v) is 11.3. The average molecular weight is 300 g/mol. The molecule has 0 N–H and O–H groups in total. The Morgan fingerprint density at radius 1 is 1.52 bits per heavy atom. The van der Waals surface area contributed by atoms with Gasteiger partial charge in [-0.2, -0.15) is 0 Å². The standard InChI is InChI=1S/C13H14F2N2O4/c1-2-21-13(18)10-4-3-7-16(10)12-9(17(19)20)6-5-8(14)11(12)15/h5-6,10H,2-4,7H2,1H3. The highest BCUT2D eigenvalue weighted by molar-refractivity contribution is 5.82. The topological polar surface area (TPSA) is 72.7 Å². The molecule has 1 aliphatic rings. The molecule has 0 bridgehead atoms. The van der Waals surface area contributed by atoms with Gasteiger partial charge in [0.15, 0.2) is 17.3 Å². The molecule has 0 amide bonds. The van der Waals surface area contributed by atoms with Gasteiger partial charge < -0.3 is 9.64 Å². The number of benzene rings is 1. The Kier molecular flexibility index (Phi) is 4.35. The molecule has 1 aliphatic heterocycles. The number of hydrogen-bond acceptors (Lipinski definition) is 5. The predicted molar refractivity (Wildman–Crippen MR) is 70.0 cm³/mol. The molecule has 21 heavy (non-hydrogen) atoms. The molecule has 1 saturated heterocycles. The monoisotopic (exact) mass is 300 g/mol. The van der Waals surface area contributed by atoms with Crippen LogP contribution in [-0.4, -0.2) is 30.1 Å². The maximum absolute atomic E-state index is 14.0. The van der Waals surface area contributed by atoms with Gasteiger partial charge in [0.05, 0.1) is 11.5 Å². The summed E-state index contributed by atoms with van der Waals surface area (Å²) in [4.78, 5) is 23.3. The first-order valence-electron chi connectivity index (χ1n) is 6.53. The summed E-state index contributed by atoms with van der Waals surface area (Å²) >= 11 is 0. The highest BCUT2D eigenvalue weighted by atomic mass is 19.2. The van der Waals surface area contributed by atoms with E-state index in [4.69, 9.17) is 4.74 Å². The van der Waals surface area contributed by atoms with Gasteiger partial charge in [-0.1, -0.05) is 0 Å². The molecule has 2 rings (SSSR count). The van der Waals surface area contributed by atoms with Crippen LogP contribution in [0.15, 0.2) is 12.1 Å². The van der Waals surface area contributed by atoms with E-state index in [-0.39, 0.29) is 13.2 Å². The summed E-state index contributed by atoms with van der Waals surface area (Å²) in [6.45, 7) is 2.00. The number of carbonyl (C=O) groups is 1. The van der Waals surface area contributed by atoms with Crippen molar-refractivity contribution in [3.05, 3.63) is 33.9 Å². The van der Waals surface area contributed by atoms with Gasteiger partial charge in [-0.05, 0) is 25.8 Å². The zero-order chi connectivity index (χ0) is 15.6. The molecular weight excluding hydrogens is 286 g/mol. The van der Waals surface area contributed by atoms with Gasteiger partial charge >= 0.3 is 5.97 Å². The summed E-state index contributed by atoms with van der Waals surface area (Å²) in [6.07, 6.45) is 0.919. The Bertz CT molecular complexity index is 580. The minimum atomic E-state index is -1.32. The van der Waals surface area contributed by atoms with Crippen molar-refractivity contribution >= 4 is 17.3 Å².